The fourth-order valence-corrected chi connectivity index (χ4v) is 4.37. The zero-order chi connectivity index (χ0) is 13.0. The molecule has 0 aliphatic carbocycles. The minimum Gasteiger partial charge on any atom is -0.316 e. The molecule has 2 fully saturated rings. The van der Waals surface area contributed by atoms with Gasteiger partial charge in [0.25, 0.3) is 10.2 Å². The molecule has 2 rings (SSSR count). The van der Waals surface area contributed by atoms with Crippen LogP contribution in [-0.4, -0.2) is 44.9 Å². The highest BCUT2D eigenvalue weighted by Crippen LogP contribution is 2.17. The van der Waals surface area contributed by atoms with Gasteiger partial charge in [0, 0.05) is 19.1 Å². The minimum absolute atomic E-state index is 0.0183. The van der Waals surface area contributed by atoms with Crippen LogP contribution < -0.4 is 10.0 Å². The Bertz CT molecular complexity index is 346. The van der Waals surface area contributed by atoms with Crippen molar-refractivity contribution in [1.82, 2.24) is 14.3 Å². The number of hydrogen-bond donors (Lipinski definition) is 2. The van der Waals surface area contributed by atoms with Crippen LogP contribution in [0.3, 0.4) is 0 Å². The van der Waals surface area contributed by atoms with Gasteiger partial charge in [0.2, 0.25) is 0 Å². The molecule has 0 aromatic heterocycles. The molecule has 18 heavy (non-hydrogen) atoms. The Morgan fingerprint density at radius 1 is 1.22 bits per heavy atom. The Morgan fingerprint density at radius 2 is 1.94 bits per heavy atom. The normalized spacial score (nSPS) is 29.1. The van der Waals surface area contributed by atoms with Crippen molar-refractivity contribution in [2.45, 2.75) is 45.1 Å². The van der Waals surface area contributed by atoms with Gasteiger partial charge in [-0.2, -0.15) is 17.4 Å². The molecule has 2 saturated heterocycles. The molecule has 0 amide bonds. The summed E-state index contributed by atoms with van der Waals surface area (Å²) >= 11 is 0. The summed E-state index contributed by atoms with van der Waals surface area (Å²) in [6.45, 7) is 5.31. The molecule has 2 N–H and O–H groups in total. The molecule has 2 aliphatic rings. The van der Waals surface area contributed by atoms with Crippen molar-refractivity contribution in [3.05, 3.63) is 0 Å². The van der Waals surface area contributed by atoms with Crippen LogP contribution in [0.4, 0.5) is 0 Å². The van der Waals surface area contributed by atoms with E-state index in [9.17, 15) is 8.42 Å². The van der Waals surface area contributed by atoms with E-state index in [4.69, 9.17) is 0 Å². The Hall–Kier alpha value is -0.170. The molecule has 0 aromatic rings. The van der Waals surface area contributed by atoms with Gasteiger partial charge in [-0.05, 0) is 51.6 Å². The van der Waals surface area contributed by atoms with E-state index >= 15 is 0 Å². The minimum atomic E-state index is -3.28. The molecule has 2 heterocycles. The lowest BCUT2D eigenvalue weighted by Gasteiger charge is -2.32. The maximum Gasteiger partial charge on any atom is 0.279 e. The number of nitrogens with one attached hydrogen (secondary N) is 2. The Balaban J connectivity index is 1.89. The van der Waals surface area contributed by atoms with Gasteiger partial charge in [-0.3, -0.25) is 0 Å². The second-order valence-corrected chi connectivity index (χ2v) is 7.18. The lowest BCUT2D eigenvalue weighted by Crippen LogP contribution is -2.50. The smallest absolute Gasteiger partial charge is 0.279 e. The first-order valence-electron chi connectivity index (χ1n) is 7.08. The van der Waals surface area contributed by atoms with Gasteiger partial charge < -0.3 is 5.32 Å². The lowest BCUT2D eigenvalue weighted by molar-refractivity contribution is 0.303. The Labute approximate surface area is 110 Å². The highest BCUT2D eigenvalue weighted by molar-refractivity contribution is 7.87. The zero-order valence-electron chi connectivity index (χ0n) is 11.2. The van der Waals surface area contributed by atoms with Gasteiger partial charge >= 0.3 is 0 Å². The van der Waals surface area contributed by atoms with Crippen LogP contribution in [0, 0.1) is 5.92 Å². The van der Waals surface area contributed by atoms with E-state index in [0.29, 0.717) is 19.0 Å². The predicted octanol–water partition coefficient (Wildman–Crippen LogP) is 0.695. The van der Waals surface area contributed by atoms with E-state index in [2.05, 4.69) is 10.0 Å². The molecule has 2 atom stereocenters. The first-order valence-corrected chi connectivity index (χ1v) is 8.52. The van der Waals surface area contributed by atoms with Crippen molar-refractivity contribution in [3.8, 4) is 0 Å². The Kier molecular flexibility index (Phi) is 5.00. The maximum absolute atomic E-state index is 12.2. The molecule has 0 aromatic carbocycles. The Morgan fingerprint density at radius 3 is 2.56 bits per heavy atom. The first kappa shape index (κ1) is 14.2. The van der Waals surface area contributed by atoms with Crippen LogP contribution >= 0.6 is 0 Å². The summed E-state index contributed by atoms with van der Waals surface area (Å²) < 4.78 is 28.9. The predicted molar refractivity (Wildman–Crippen MR) is 72.5 cm³/mol. The van der Waals surface area contributed by atoms with E-state index in [-0.39, 0.29) is 6.04 Å². The maximum atomic E-state index is 12.2. The van der Waals surface area contributed by atoms with Gasteiger partial charge in [0.1, 0.15) is 0 Å². The monoisotopic (exact) mass is 275 g/mol. The van der Waals surface area contributed by atoms with E-state index in [1.54, 1.807) is 4.31 Å². The first-order chi connectivity index (χ1) is 8.59. The van der Waals surface area contributed by atoms with Crippen molar-refractivity contribution < 1.29 is 8.42 Å². The highest BCUT2D eigenvalue weighted by Gasteiger charge is 2.28. The van der Waals surface area contributed by atoms with E-state index in [1.165, 1.54) is 0 Å². The molecule has 2 aliphatic heterocycles. The summed E-state index contributed by atoms with van der Waals surface area (Å²) in [5, 5.41) is 3.33. The van der Waals surface area contributed by atoms with Gasteiger partial charge in [0.05, 0.1) is 0 Å². The fraction of sp³-hybridized carbons (Fsp3) is 1.00. The SMILES string of the molecule is CC(NS(=O)(=O)N1CCCCC1)C1CCCNC1. The van der Waals surface area contributed by atoms with Gasteiger partial charge in [0.15, 0.2) is 0 Å². The molecule has 0 radical (unpaired) electrons. The zero-order valence-corrected chi connectivity index (χ0v) is 12.0. The van der Waals surface area contributed by atoms with E-state index in [1.807, 2.05) is 6.92 Å². The van der Waals surface area contributed by atoms with Crippen molar-refractivity contribution >= 4 is 10.2 Å². The number of piperidine rings is 2. The number of hydrogen-bond acceptors (Lipinski definition) is 3. The molecular formula is C12H25N3O2S. The van der Waals surface area contributed by atoms with Crippen molar-refractivity contribution in [2.24, 2.45) is 5.92 Å². The fourth-order valence-electron chi connectivity index (χ4n) is 2.82. The summed E-state index contributed by atoms with van der Waals surface area (Å²) in [7, 11) is -3.28. The summed E-state index contributed by atoms with van der Waals surface area (Å²) in [5.74, 6) is 0.415. The third-order valence-corrected chi connectivity index (χ3v) is 5.75. The molecule has 6 heteroatoms. The average Bonchev–Trinajstić information content (AvgIpc) is 2.40. The standard InChI is InChI=1S/C12H25N3O2S/c1-11(12-6-5-7-13-10-12)14-18(16,17)15-8-3-2-4-9-15/h11-14H,2-10H2,1H3. The van der Waals surface area contributed by atoms with E-state index < -0.39 is 10.2 Å². The van der Waals surface area contributed by atoms with Gasteiger partial charge in [-0.15, -0.1) is 0 Å². The summed E-state index contributed by atoms with van der Waals surface area (Å²) in [6, 6.07) is 0.0183. The van der Waals surface area contributed by atoms with Crippen LogP contribution in [0.25, 0.3) is 0 Å². The molecule has 106 valence electrons. The van der Waals surface area contributed by atoms with Crippen LogP contribution in [0.5, 0.6) is 0 Å². The van der Waals surface area contributed by atoms with E-state index in [0.717, 1.165) is 45.2 Å². The summed E-state index contributed by atoms with van der Waals surface area (Å²) in [6.07, 6.45) is 5.37. The van der Waals surface area contributed by atoms with Crippen molar-refractivity contribution in [1.29, 1.82) is 0 Å². The number of rotatable bonds is 4. The lowest BCUT2D eigenvalue weighted by atomic mass is 9.94. The largest absolute Gasteiger partial charge is 0.316 e. The molecule has 0 bridgehead atoms. The number of nitrogens with zero attached hydrogens (tertiary/aromatic N) is 1. The van der Waals surface area contributed by atoms with Crippen LogP contribution in [0.2, 0.25) is 0 Å². The van der Waals surface area contributed by atoms with Crippen LogP contribution in [0.15, 0.2) is 0 Å². The molecular weight excluding hydrogens is 250 g/mol. The molecule has 2 unspecified atom stereocenters. The van der Waals surface area contributed by atoms with Gasteiger partial charge in [-0.1, -0.05) is 6.42 Å². The third-order valence-electron chi connectivity index (χ3n) is 4.03. The van der Waals surface area contributed by atoms with Gasteiger partial charge in [-0.25, -0.2) is 0 Å². The van der Waals surface area contributed by atoms with Crippen LogP contribution in [0.1, 0.15) is 39.0 Å². The average molecular weight is 275 g/mol. The second-order valence-electron chi connectivity index (χ2n) is 5.48. The second kappa shape index (κ2) is 6.32. The quantitative estimate of drug-likeness (QED) is 0.794. The summed E-state index contributed by atoms with van der Waals surface area (Å²) in [4.78, 5) is 0. The molecule has 0 spiro atoms. The molecule has 0 saturated carbocycles. The summed E-state index contributed by atoms with van der Waals surface area (Å²) in [5.41, 5.74) is 0. The highest BCUT2D eigenvalue weighted by atomic mass is 32.2. The van der Waals surface area contributed by atoms with Crippen molar-refractivity contribution in [2.75, 3.05) is 26.2 Å². The molecule has 5 nitrogen and oxygen atoms in total. The van der Waals surface area contributed by atoms with Crippen LogP contribution in [-0.2, 0) is 10.2 Å². The van der Waals surface area contributed by atoms with Crippen molar-refractivity contribution in [3.63, 3.8) is 0 Å². The third kappa shape index (κ3) is 3.66. The topological polar surface area (TPSA) is 61.4 Å².